The van der Waals surface area contributed by atoms with E-state index in [0.29, 0.717) is 0 Å². The summed E-state index contributed by atoms with van der Waals surface area (Å²) in [5.41, 5.74) is -2.21. The summed E-state index contributed by atoms with van der Waals surface area (Å²) in [6.07, 6.45) is 1.17. The number of likely N-dealkylation sites (tertiary alicyclic amines) is 1. The summed E-state index contributed by atoms with van der Waals surface area (Å²) in [6, 6.07) is 3.16. The maximum absolute atomic E-state index is 16.0. The molecule has 1 aliphatic heterocycles. The first-order valence-electron chi connectivity index (χ1n) is 10.4. The van der Waals surface area contributed by atoms with E-state index in [0.717, 1.165) is 23.1 Å². The van der Waals surface area contributed by atoms with Gasteiger partial charge >= 0.3 is 0 Å². The summed E-state index contributed by atoms with van der Waals surface area (Å²) in [7, 11) is 53.2. The van der Waals surface area contributed by atoms with E-state index in [1.807, 2.05) is 0 Å². The Morgan fingerprint density at radius 3 is 2.06 bits per heavy atom. The van der Waals surface area contributed by atoms with Crippen LogP contribution in [0.2, 0.25) is 5.02 Å². The van der Waals surface area contributed by atoms with Crippen molar-refractivity contribution in [1.29, 1.82) is 0 Å². The number of alkyl halides is 1. The summed E-state index contributed by atoms with van der Waals surface area (Å²) < 4.78 is 29.5. The van der Waals surface area contributed by atoms with Crippen LogP contribution >= 0.6 is 11.6 Å². The van der Waals surface area contributed by atoms with Crippen molar-refractivity contribution < 1.29 is 13.6 Å². The van der Waals surface area contributed by atoms with Gasteiger partial charge in [-0.05, 0) is 47.3 Å². The van der Waals surface area contributed by atoms with Crippen molar-refractivity contribution in [3.05, 3.63) is 58.4 Å². The molecule has 0 aliphatic carbocycles. The largest absolute Gasteiger partial charge is 0.362 e. The molecular weight excluding hydrogens is 471 g/mol. The standard InChI is InChI=1S/C19H12B9ClF2N4O/c20-16(21)6-15(31,8-34-19(27,28)14-32-4-10(5-33-14)18(24,25)26)7-17(22,23)35(16)13(36)9-1-2-12(30)11(29)3-9/h1-5,34H,6-8H2. The van der Waals surface area contributed by atoms with Crippen molar-refractivity contribution in [2.75, 3.05) is 6.54 Å². The molecule has 1 saturated heterocycles. The summed E-state index contributed by atoms with van der Waals surface area (Å²) in [5, 5.41) is -5.72. The molecule has 1 fully saturated rings. The molecule has 1 aliphatic rings. The minimum atomic E-state index is -2.30. The number of piperidine rings is 1. The SMILES string of the molecule is [B]C([B])([B])c1cnc(C([B])([B])NCC2(F)CC([B])([B])N(C(=O)c3ccc(F)c(Cl)c3)C([B])([B])C2)nc1. The number of hydrogen-bond acceptors (Lipinski definition) is 4. The van der Waals surface area contributed by atoms with Gasteiger partial charge in [0, 0.05) is 29.8 Å². The van der Waals surface area contributed by atoms with Gasteiger partial charge in [-0.3, -0.25) is 4.79 Å². The van der Waals surface area contributed by atoms with Crippen LogP contribution in [0.4, 0.5) is 8.78 Å². The third kappa shape index (κ3) is 6.12. The van der Waals surface area contributed by atoms with Crippen LogP contribution in [-0.2, 0) is 10.5 Å². The predicted molar refractivity (Wildman–Crippen MR) is 141 cm³/mol. The molecule has 1 N–H and O–H groups in total. The molecule has 0 unspecified atom stereocenters. The Kier molecular flexibility index (Phi) is 7.78. The van der Waals surface area contributed by atoms with Crippen LogP contribution in [0.5, 0.6) is 0 Å². The second-order valence-corrected chi connectivity index (χ2v) is 9.61. The number of nitrogens with one attached hydrogen (secondary N) is 1. The lowest BCUT2D eigenvalue weighted by Crippen LogP contribution is -2.73. The lowest BCUT2D eigenvalue weighted by atomic mass is 9.40. The van der Waals surface area contributed by atoms with Crippen molar-refractivity contribution in [2.24, 2.45) is 0 Å². The number of hydrogen-bond donors (Lipinski definition) is 1. The second kappa shape index (κ2) is 9.65. The predicted octanol–water partition coefficient (Wildman–Crippen LogP) is -1.45. The topological polar surface area (TPSA) is 58.1 Å². The Morgan fingerprint density at radius 1 is 1.06 bits per heavy atom. The number of carbonyl (C=O) groups is 1. The van der Waals surface area contributed by atoms with Crippen molar-refractivity contribution in [1.82, 2.24) is 20.2 Å². The van der Waals surface area contributed by atoms with Crippen LogP contribution in [0.3, 0.4) is 0 Å². The van der Waals surface area contributed by atoms with Crippen molar-refractivity contribution in [3.63, 3.8) is 0 Å². The van der Waals surface area contributed by atoms with Gasteiger partial charge in [0.05, 0.1) is 75.6 Å². The minimum absolute atomic E-state index is 0.105. The van der Waals surface area contributed by atoms with Crippen molar-refractivity contribution >= 4 is 88.1 Å². The highest BCUT2D eigenvalue weighted by molar-refractivity contribution is 6.58. The summed E-state index contributed by atoms with van der Waals surface area (Å²) in [6.45, 7) is -0.559. The van der Waals surface area contributed by atoms with Crippen LogP contribution in [0.15, 0.2) is 30.6 Å². The van der Waals surface area contributed by atoms with Gasteiger partial charge in [0.15, 0.2) is 0 Å². The number of rotatable bonds is 6. The first-order valence-corrected chi connectivity index (χ1v) is 10.8. The summed E-state index contributed by atoms with van der Waals surface area (Å²) in [4.78, 5) is 21.8. The molecule has 2 aromatic rings. The molecule has 0 atom stereocenters. The van der Waals surface area contributed by atoms with Crippen LogP contribution < -0.4 is 5.32 Å². The van der Waals surface area contributed by atoms with E-state index in [9.17, 15) is 9.18 Å². The Bertz CT molecular complexity index is 1130. The van der Waals surface area contributed by atoms with Crippen LogP contribution in [0.1, 0.15) is 34.6 Å². The molecule has 1 amide bonds. The number of amides is 1. The third-order valence-corrected chi connectivity index (χ3v) is 5.91. The fraction of sp³-hybridized carbons (Fsp3) is 0.421. The van der Waals surface area contributed by atoms with Gasteiger partial charge in [-0.2, -0.15) is 0 Å². The lowest BCUT2D eigenvalue weighted by molar-refractivity contribution is 0.00392. The fourth-order valence-electron chi connectivity index (χ4n) is 4.03. The molecular formula is C19H12B9ClF2N4O. The molecule has 18 radical (unpaired) electrons. The third-order valence-electron chi connectivity index (χ3n) is 5.62. The Balaban J connectivity index is 1.80. The molecule has 0 saturated carbocycles. The van der Waals surface area contributed by atoms with E-state index >= 15 is 4.39 Å². The lowest BCUT2D eigenvalue weighted by Gasteiger charge is -2.59. The van der Waals surface area contributed by atoms with E-state index < -0.39 is 57.9 Å². The van der Waals surface area contributed by atoms with E-state index in [1.165, 1.54) is 12.4 Å². The first kappa shape index (κ1) is 29.0. The van der Waals surface area contributed by atoms with Crippen LogP contribution in [0, 0.1) is 5.82 Å². The highest BCUT2D eigenvalue weighted by atomic mass is 35.5. The Hall–Kier alpha value is -1.54. The molecule has 5 nitrogen and oxygen atoms in total. The second-order valence-electron chi connectivity index (χ2n) is 9.21. The van der Waals surface area contributed by atoms with Crippen molar-refractivity contribution in [2.45, 2.75) is 39.6 Å². The van der Waals surface area contributed by atoms with E-state index in [-0.39, 0.29) is 22.0 Å². The van der Waals surface area contributed by atoms with E-state index in [4.69, 9.17) is 82.2 Å². The zero-order valence-electron chi connectivity index (χ0n) is 19.1. The number of aromatic nitrogens is 2. The molecule has 0 spiro atoms. The highest BCUT2D eigenvalue weighted by Crippen LogP contribution is 2.42. The number of benzene rings is 1. The molecule has 3 rings (SSSR count). The van der Waals surface area contributed by atoms with Gasteiger partial charge in [0.1, 0.15) is 17.3 Å². The van der Waals surface area contributed by atoms with Gasteiger partial charge < -0.3 is 10.2 Å². The van der Waals surface area contributed by atoms with Gasteiger partial charge in [0.2, 0.25) is 0 Å². The zero-order chi connectivity index (χ0) is 27.3. The normalized spacial score (nSPS) is 19.0. The molecule has 2 heterocycles. The summed E-state index contributed by atoms with van der Waals surface area (Å²) in [5.74, 6) is -1.77. The zero-order valence-corrected chi connectivity index (χ0v) is 19.8. The minimum Gasteiger partial charge on any atom is -0.362 e. The number of halogens is 3. The average Bonchev–Trinajstić information content (AvgIpc) is 2.72. The quantitative estimate of drug-likeness (QED) is 0.512. The molecule has 1 aromatic carbocycles. The average molecular weight is 483 g/mol. The number of nitrogens with zero attached hydrogens (tertiary/aromatic N) is 3. The molecule has 0 bridgehead atoms. The smallest absolute Gasteiger partial charge is 0.252 e. The monoisotopic (exact) mass is 484 g/mol. The molecule has 36 heavy (non-hydrogen) atoms. The maximum atomic E-state index is 16.0. The fourth-order valence-corrected chi connectivity index (χ4v) is 4.21. The molecule has 162 valence electrons. The van der Waals surface area contributed by atoms with Gasteiger partial charge in [-0.25, -0.2) is 18.7 Å². The van der Waals surface area contributed by atoms with E-state index in [2.05, 4.69) is 15.3 Å². The van der Waals surface area contributed by atoms with E-state index in [1.54, 1.807) is 0 Å². The van der Waals surface area contributed by atoms with Gasteiger partial charge in [-0.1, -0.05) is 11.6 Å². The van der Waals surface area contributed by atoms with Crippen LogP contribution in [0.25, 0.3) is 0 Å². The van der Waals surface area contributed by atoms with Crippen LogP contribution in [-0.4, -0.2) is 114 Å². The summed E-state index contributed by atoms with van der Waals surface area (Å²) >= 11 is 5.76. The van der Waals surface area contributed by atoms with Gasteiger partial charge in [-0.15, -0.1) is 5.11 Å². The Labute approximate surface area is 226 Å². The number of carbonyl (C=O) groups excluding carboxylic acids is 1. The maximum Gasteiger partial charge on any atom is 0.252 e. The van der Waals surface area contributed by atoms with Gasteiger partial charge in [0.25, 0.3) is 5.91 Å². The van der Waals surface area contributed by atoms with Crippen molar-refractivity contribution in [3.8, 4) is 0 Å². The Morgan fingerprint density at radius 2 is 1.58 bits per heavy atom. The first-order chi connectivity index (χ1) is 16.3. The molecule has 1 aromatic heterocycles. The highest BCUT2D eigenvalue weighted by Gasteiger charge is 2.53. The molecule has 17 heteroatoms.